The third kappa shape index (κ3) is 2.93. The summed E-state index contributed by atoms with van der Waals surface area (Å²) in [7, 11) is 0. The third-order valence-electron chi connectivity index (χ3n) is 3.07. The molecule has 1 aromatic heterocycles. The van der Waals surface area contributed by atoms with Gasteiger partial charge in [0.05, 0.1) is 12.2 Å². The van der Waals surface area contributed by atoms with Crippen molar-refractivity contribution in [3.05, 3.63) is 54.1 Å². The number of rotatable bonds is 4. The summed E-state index contributed by atoms with van der Waals surface area (Å²) in [4.78, 5) is 23.8. The summed E-state index contributed by atoms with van der Waals surface area (Å²) >= 11 is 0. The molecule has 0 aliphatic carbocycles. The molecule has 7 nitrogen and oxygen atoms in total. The number of carbonyl (C=O) groups excluding carboxylic acids is 2. The Hall–Kier alpha value is -3.22. The van der Waals surface area contributed by atoms with E-state index in [2.05, 4.69) is 26.0 Å². The van der Waals surface area contributed by atoms with Gasteiger partial charge in [0, 0.05) is 5.56 Å². The van der Waals surface area contributed by atoms with Crippen LogP contribution in [0.25, 0.3) is 11.0 Å². The Morgan fingerprint density at radius 1 is 1.00 bits per heavy atom. The van der Waals surface area contributed by atoms with Crippen LogP contribution >= 0.6 is 0 Å². The highest BCUT2D eigenvalue weighted by atomic mass is 16.2. The summed E-state index contributed by atoms with van der Waals surface area (Å²) in [6.07, 6.45) is 0. The van der Waals surface area contributed by atoms with Crippen LogP contribution in [-0.2, 0) is 4.79 Å². The van der Waals surface area contributed by atoms with Gasteiger partial charge in [-0.3, -0.25) is 9.59 Å². The molecule has 2 aromatic carbocycles. The lowest BCUT2D eigenvalue weighted by molar-refractivity contribution is -0.115. The fourth-order valence-corrected chi connectivity index (χ4v) is 2.02. The summed E-state index contributed by atoms with van der Waals surface area (Å²) in [6, 6.07) is 14.0. The van der Waals surface area contributed by atoms with Gasteiger partial charge in [0.15, 0.2) is 0 Å². The molecular weight excluding hydrogens is 282 g/mol. The van der Waals surface area contributed by atoms with Crippen molar-refractivity contribution in [2.45, 2.75) is 0 Å². The molecule has 7 heteroatoms. The third-order valence-corrected chi connectivity index (χ3v) is 3.07. The Balaban J connectivity index is 1.61. The quantitative estimate of drug-likeness (QED) is 0.676. The van der Waals surface area contributed by atoms with Crippen molar-refractivity contribution in [3.8, 4) is 0 Å². The van der Waals surface area contributed by atoms with Crippen LogP contribution in [0.5, 0.6) is 0 Å². The molecule has 110 valence electrons. The van der Waals surface area contributed by atoms with Crippen molar-refractivity contribution >= 4 is 28.5 Å². The Morgan fingerprint density at radius 3 is 2.64 bits per heavy atom. The van der Waals surface area contributed by atoms with E-state index in [1.165, 1.54) is 0 Å². The minimum absolute atomic E-state index is 0.123. The first kappa shape index (κ1) is 13.7. The second-order valence-electron chi connectivity index (χ2n) is 4.59. The molecule has 0 fully saturated rings. The molecule has 0 aliphatic heterocycles. The van der Waals surface area contributed by atoms with Gasteiger partial charge in [-0.05, 0) is 24.3 Å². The number of hydrogen-bond acceptors (Lipinski definition) is 4. The van der Waals surface area contributed by atoms with Crippen LogP contribution in [0, 0.1) is 0 Å². The van der Waals surface area contributed by atoms with E-state index in [0.29, 0.717) is 22.3 Å². The first-order chi connectivity index (χ1) is 10.7. The Bertz CT molecular complexity index is 813. The van der Waals surface area contributed by atoms with Crippen molar-refractivity contribution < 1.29 is 9.59 Å². The van der Waals surface area contributed by atoms with E-state index in [1.54, 1.807) is 42.5 Å². The molecule has 0 radical (unpaired) electrons. The monoisotopic (exact) mass is 295 g/mol. The van der Waals surface area contributed by atoms with E-state index in [9.17, 15) is 9.59 Å². The fraction of sp³-hybridized carbons (Fsp3) is 0.0667. The van der Waals surface area contributed by atoms with Crippen molar-refractivity contribution in [1.29, 1.82) is 0 Å². The molecule has 0 aliphatic rings. The van der Waals surface area contributed by atoms with Crippen LogP contribution < -0.4 is 10.6 Å². The maximum atomic E-state index is 11.9. The minimum Gasteiger partial charge on any atom is -0.343 e. The zero-order valence-corrected chi connectivity index (χ0v) is 11.5. The topological polar surface area (TPSA) is 99.8 Å². The average molecular weight is 295 g/mol. The summed E-state index contributed by atoms with van der Waals surface area (Å²) in [6.45, 7) is -0.123. The van der Waals surface area contributed by atoms with Gasteiger partial charge in [-0.15, -0.1) is 0 Å². The number of anilines is 1. The largest absolute Gasteiger partial charge is 0.343 e. The maximum Gasteiger partial charge on any atom is 0.251 e. The molecule has 0 spiro atoms. The number of H-pyrrole nitrogens is 1. The normalized spacial score (nSPS) is 10.4. The van der Waals surface area contributed by atoms with E-state index in [4.69, 9.17) is 0 Å². The number of nitrogens with zero attached hydrogens (tertiary/aromatic N) is 2. The van der Waals surface area contributed by atoms with Crippen LogP contribution in [0.1, 0.15) is 10.4 Å². The summed E-state index contributed by atoms with van der Waals surface area (Å²) in [5.41, 5.74) is 2.29. The Kier molecular flexibility index (Phi) is 3.78. The molecule has 3 N–H and O–H groups in total. The predicted molar refractivity (Wildman–Crippen MR) is 81.3 cm³/mol. The highest BCUT2D eigenvalue weighted by molar-refractivity contribution is 6.02. The standard InChI is InChI=1S/C15H13N5O2/c21-13(9-16-15(22)10-5-2-1-3-6-10)17-11-7-4-8-12-14(11)19-20-18-12/h1-8H,9H2,(H,16,22)(H,17,21)(H,18,19,20). The molecule has 3 aromatic rings. The zero-order valence-electron chi connectivity index (χ0n) is 11.5. The van der Waals surface area contributed by atoms with Crippen LogP contribution in [0.2, 0.25) is 0 Å². The van der Waals surface area contributed by atoms with E-state index < -0.39 is 0 Å². The molecule has 3 rings (SSSR count). The Labute approximate surface area is 125 Å². The van der Waals surface area contributed by atoms with E-state index in [1.807, 2.05) is 6.07 Å². The molecule has 1 heterocycles. The number of hydrogen-bond donors (Lipinski definition) is 3. The fourth-order valence-electron chi connectivity index (χ4n) is 2.02. The number of carbonyl (C=O) groups is 2. The summed E-state index contributed by atoms with van der Waals surface area (Å²) in [5.74, 6) is -0.629. The van der Waals surface area contributed by atoms with Gasteiger partial charge in [0.25, 0.3) is 5.91 Å². The molecule has 0 saturated carbocycles. The highest BCUT2D eigenvalue weighted by Gasteiger charge is 2.10. The summed E-state index contributed by atoms with van der Waals surface area (Å²) < 4.78 is 0. The predicted octanol–water partition coefficient (Wildman–Crippen LogP) is 1.33. The number of benzene rings is 2. The first-order valence-electron chi connectivity index (χ1n) is 6.66. The van der Waals surface area contributed by atoms with Crippen LogP contribution in [0.3, 0.4) is 0 Å². The first-order valence-corrected chi connectivity index (χ1v) is 6.66. The number of nitrogens with one attached hydrogen (secondary N) is 3. The van der Waals surface area contributed by atoms with Crippen LogP contribution in [0.4, 0.5) is 5.69 Å². The second-order valence-corrected chi connectivity index (χ2v) is 4.59. The number of fused-ring (bicyclic) bond motifs is 1. The van der Waals surface area contributed by atoms with Gasteiger partial charge in [0.2, 0.25) is 5.91 Å². The van der Waals surface area contributed by atoms with Gasteiger partial charge >= 0.3 is 0 Å². The number of aromatic nitrogens is 3. The average Bonchev–Trinajstić information content (AvgIpc) is 3.03. The molecular formula is C15H13N5O2. The minimum atomic E-state index is -0.334. The Morgan fingerprint density at radius 2 is 1.82 bits per heavy atom. The van der Waals surface area contributed by atoms with E-state index in [-0.39, 0.29) is 18.4 Å². The number of aromatic amines is 1. The lowest BCUT2D eigenvalue weighted by Gasteiger charge is -2.07. The van der Waals surface area contributed by atoms with Crippen molar-refractivity contribution in [2.24, 2.45) is 0 Å². The van der Waals surface area contributed by atoms with E-state index >= 15 is 0 Å². The lowest BCUT2D eigenvalue weighted by atomic mass is 10.2. The SMILES string of the molecule is O=C(CNC(=O)c1ccccc1)Nc1cccc2n[nH]nc12. The van der Waals surface area contributed by atoms with Gasteiger partial charge in [0.1, 0.15) is 11.0 Å². The van der Waals surface area contributed by atoms with Crippen molar-refractivity contribution in [2.75, 3.05) is 11.9 Å². The molecule has 0 bridgehead atoms. The lowest BCUT2D eigenvalue weighted by Crippen LogP contribution is -2.32. The zero-order chi connectivity index (χ0) is 15.4. The molecule has 0 saturated heterocycles. The smallest absolute Gasteiger partial charge is 0.251 e. The maximum absolute atomic E-state index is 11.9. The summed E-state index contributed by atoms with van der Waals surface area (Å²) in [5, 5.41) is 15.7. The van der Waals surface area contributed by atoms with Crippen molar-refractivity contribution in [3.63, 3.8) is 0 Å². The van der Waals surface area contributed by atoms with Crippen LogP contribution in [0.15, 0.2) is 48.5 Å². The molecule has 0 unspecified atom stereocenters. The van der Waals surface area contributed by atoms with Crippen molar-refractivity contribution in [1.82, 2.24) is 20.7 Å². The van der Waals surface area contributed by atoms with E-state index in [0.717, 1.165) is 0 Å². The second kappa shape index (κ2) is 6.04. The van der Waals surface area contributed by atoms with Gasteiger partial charge in [-0.25, -0.2) is 0 Å². The highest BCUT2D eigenvalue weighted by Crippen LogP contribution is 2.18. The van der Waals surface area contributed by atoms with Crippen LogP contribution in [-0.4, -0.2) is 33.8 Å². The molecule has 22 heavy (non-hydrogen) atoms. The molecule has 0 atom stereocenters. The van der Waals surface area contributed by atoms with Gasteiger partial charge in [-0.2, -0.15) is 15.4 Å². The number of amides is 2. The molecule has 2 amide bonds. The van der Waals surface area contributed by atoms with Gasteiger partial charge < -0.3 is 10.6 Å². The number of para-hydroxylation sites is 1. The van der Waals surface area contributed by atoms with Gasteiger partial charge in [-0.1, -0.05) is 24.3 Å².